The minimum absolute atomic E-state index is 0.0985. The van der Waals surface area contributed by atoms with Gasteiger partial charge in [-0.25, -0.2) is 4.79 Å². The van der Waals surface area contributed by atoms with Crippen molar-refractivity contribution >= 4 is 22.7 Å². The summed E-state index contributed by atoms with van der Waals surface area (Å²) in [6.07, 6.45) is 0. The molecule has 0 saturated heterocycles. The largest absolute Gasteiger partial charge is 0.452 e. The summed E-state index contributed by atoms with van der Waals surface area (Å²) >= 11 is 0. The Labute approximate surface area is 135 Å². The fourth-order valence-corrected chi connectivity index (χ4v) is 2.02. The highest BCUT2D eigenvalue weighted by atomic mass is 16.5. The Kier molecular flexibility index (Phi) is 5.21. The van der Waals surface area contributed by atoms with E-state index >= 15 is 0 Å². The maximum Gasteiger partial charge on any atom is 0.375 e. The highest BCUT2D eigenvalue weighted by molar-refractivity contribution is 5.97. The Bertz CT molecular complexity index is 706. The van der Waals surface area contributed by atoms with Crippen molar-refractivity contribution in [2.45, 2.75) is 34.3 Å². The molecule has 0 N–H and O–H groups in total. The normalized spacial score (nSPS) is 11.7. The van der Waals surface area contributed by atoms with E-state index in [-0.39, 0.29) is 24.8 Å². The number of carbonyl (C=O) groups is 2. The number of Topliss-reactive ketones (excluding diaryl/α,β-unsaturated/α-hetero) is 1. The standard InChI is InChI=1S/C18H22O5/c1-5-21-10-13-12-8-6-7-9-14(12)23-16(13)17(20)22-11-15(19)18(2,3)4/h6-9H,5,10-11H2,1-4H3. The van der Waals surface area contributed by atoms with Crippen molar-refractivity contribution < 1.29 is 23.5 Å². The SMILES string of the molecule is CCOCc1c(C(=O)OCC(=O)C(C)(C)C)oc2ccccc12. The molecule has 0 atom stereocenters. The average Bonchev–Trinajstić information content (AvgIpc) is 2.88. The summed E-state index contributed by atoms with van der Waals surface area (Å²) in [5.41, 5.74) is 0.689. The molecule has 0 aliphatic carbocycles. The van der Waals surface area contributed by atoms with Gasteiger partial charge in [0.25, 0.3) is 0 Å². The first kappa shape index (κ1) is 17.2. The molecule has 1 aromatic heterocycles. The molecule has 2 aromatic rings. The lowest BCUT2D eigenvalue weighted by atomic mass is 9.91. The second kappa shape index (κ2) is 6.96. The topological polar surface area (TPSA) is 65.7 Å². The van der Waals surface area contributed by atoms with Crippen LogP contribution in [0, 0.1) is 5.41 Å². The molecule has 0 amide bonds. The van der Waals surface area contributed by atoms with Gasteiger partial charge in [-0.15, -0.1) is 0 Å². The first-order chi connectivity index (χ1) is 10.8. The summed E-state index contributed by atoms with van der Waals surface area (Å²) in [6.45, 7) is 7.73. The monoisotopic (exact) mass is 318 g/mol. The Morgan fingerprint density at radius 2 is 1.87 bits per heavy atom. The fourth-order valence-electron chi connectivity index (χ4n) is 2.02. The molecule has 0 unspecified atom stereocenters. The van der Waals surface area contributed by atoms with E-state index in [4.69, 9.17) is 13.9 Å². The second-order valence-electron chi connectivity index (χ2n) is 6.29. The minimum Gasteiger partial charge on any atom is -0.452 e. The van der Waals surface area contributed by atoms with E-state index < -0.39 is 11.4 Å². The number of carbonyl (C=O) groups excluding carboxylic acids is 2. The van der Waals surface area contributed by atoms with Crippen molar-refractivity contribution in [3.63, 3.8) is 0 Å². The van der Waals surface area contributed by atoms with Crippen molar-refractivity contribution in [1.29, 1.82) is 0 Å². The molecular formula is C18H22O5. The van der Waals surface area contributed by atoms with Crippen LogP contribution in [-0.4, -0.2) is 25.0 Å². The molecule has 1 heterocycles. The highest BCUT2D eigenvalue weighted by Gasteiger charge is 2.26. The molecule has 0 radical (unpaired) electrons. The molecule has 5 heteroatoms. The molecule has 0 spiro atoms. The van der Waals surface area contributed by atoms with Crippen LogP contribution in [0.5, 0.6) is 0 Å². The van der Waals surface area contributed by atoms with Gasteiger partial charge in [0.2, 0.25) is 5.76 Å². The number of para-hydroxylation sites is 1. The van der Waals surface area contributed by atoms with Gasteiger partial charge in [-0.05, 0) is 13.0 Å². The van der Waals surface area contributed by atoms with Crippen molar-refractivity contribution in [2.24, 2.45) is 5.41 Å². The summed E-state index contributed by atoms with van der Waals surface area (Å²) in [5, 5.41) is 0.815. The first-order valence-electron chi connectivity index (χ1n) is 7.63. The van der Waals surface area contributed by atoms with Gasteiger partial charge < -0.3 is 13.9 Å². The number of esters is 1. The van der Waals surface area contributed by atoms with Crippen LogP contribution in [0.3, 0.4) is 0 Å². The highest BCUT2D eigenvalue weighted by Crippen LogP contribution is 2.27. The Balaban J connectivity index is 2.23. The molecular weight excluding hydrogens is 296 g/mol. The van der Waals surface area contributed by atoms with Crippen LogP contribution >= 0.6 is 0 Å². The van der Waals surface area contributed by atoms with Crippen molar-refractivity contribution in [3.8, 4) is 0 Å². The fraction of sp³-hybridized carbons (Fsp3) is 0.444. The van der Waals surface area contributed by atoms with Gasteiger partial charge in [0.15, 0.2) is 12.4 Å². The summed E-state index contributed by atoms with van der Waals surface area (Å²) in [5.74, 6) is -0.691. The molecule has 1 aromatic carbocycles. The Hall–Kier alpha value is -2.14. The zero-order valence-corrected chi connectivity index (χ0v) is 14.0. The van der Waals surface area contributed by atoms with E-state index in [0.717, 1.165) is 5.39 Å². The molecule has 2 rings (SSSR count). The quantitative estimate of drug-likeness (QED) is 0.759. The van der Waals surface area contributed by atoms with Gasteiger partial charge in [-0.1, -0.05) is 39.0 Å². The van der Waals surface area contributed by atoms with Crippen LogP contribution in [0.1, 0.15) is 43.8 Å². The van der Waals surface area contributed by atoms with Crippen LogP contribution in [-0.2, 0) is 20.9 Å². The smallest absolute Gasteiger partial charge is 0.375 e. The predicted octanol–water partition coefficient (Wildman–Crippen LogP) is 3.74. The van der Waals surface area contributed by atoms with Gasteiger partial charge in [-0.3, -0.25) is 4.79 Å². The van der Waals surface area contributed by atoms with Crippen LogP contribution in [0.15, 0.2) is 28.7 Å². The number of benzene rings is 1. The number of hydrogen-bond donors (Lipinski definition) is 0. The summed E-state index contributed by atoms with van der Waals surface area (Å²) in [7, 11) is 0. The lowest BCUT2D eigenvalue weighted by molar-refractivity contribution is -0.129. The number of rotatable bonds is 6. The molecule has 0 saturated carbocycles. The first-order valence-corrected chi connectivity index (χ1v) is 7.63. The van der Waals surface area contributed by atoms with E-state index in [2.05, 4.69) is 0 Å². The van der Waals surface area contributed by atoms with E-state index in [1.54, 1.807) is 26.8 Å². The number of fused-ring (bicyclic) bond motifs is 1. The number of ketones is 1. The number of ether oxygens (including phenoxy) is 2. The Morgan fingerprint density at radius 1 is 1.17 bits per heavy atom. The molecule has 124 valence electrons. The molecule has 23 heavy (non-hydrogen) atoms. The molecule has 0 fully saturated rings. The predicted molar refractivity (Wildman–Crippen MR) is 86.3 cm³/mol. The zero-order chi connectivity index (χ0) is 17.0. The third-order valence-electron chi connectivity index (χ3n) is 3.51. The lowest BCUT2D eigenvalue weighted by Crippen LogP contribution is -2.26. The van der Waals surface area contributed by atoms with Gasteiger partial charge in [0.05, 0.1) is 6.61 Å². The molecule has 0 bridgehead atoms. The van der Waals surface area contributed by atoms with Gasteiger partial charge in [-0.2, -0.15) is 0 Å². The van der Waals surface area contributed by atoms with E-state index in [1.807, 2.05) is 25.1 Å². The van der Waals surface area contributed by atoms with Crippen molar-refractivity contribution in [1.82, 2.24) is 0 Å². The van der Waals surface area contributed by atoms with Crippen LogP contribution in [0.25, 0.3) is 11.0 Å². The summed E-state index contributed by atoms with van der Waals surface area (Å²) in [4.78, 5) is 24.2. The molecule has 0 aliphatic heterocycles. The number of hydrogen-bond acceptors (Lipinski definition) is 5. The molecule has 0 aliphatic rings. The summed E-state index contributed by atoms with van der Waals surface area (Å²) < 4.78 is 16.2. The van der Waals surface area contributed by atoms with E-state index in [9.17, 15) is 9.59 Å². The average molecular weight is 318 g/mol. The van der Waals surface area contributed by atoms with E-state index in [1.165, 1.54) is 0 Å². The van der Waals surface area contributed by atoms with Crippen molar-refractivity contribution in [3.05, 3.63) is 35.6 Å². The van der Waals surface area contributed by atoms with Gasteiger partial charge in [0, 0.05) is 23.0 Å². The van der Waals surface area contributed by atoms with Crippen LogP contribution in [0.4, 0.5) is 0 Å². The van der Waals surface area contributed by atoms with Gasteiger partial charge in [0.1, 0.15) is 5.58 Å². The van der Waals surface area contributed by atoms with Crippen LogP contribution in [0.2, 0.25) is 0 Å². The minimum atomic E-state index is -0.645. The third kappa shape index (κ3) is 3.99. The van der Waals surface area contributed by atoms with Crippen LogP contribution < -0.4 is 0 Å². The van der Waals surface area contributed by atoms with E-state index in [0.29, 0.717) is 17.8 Å². The lowest BCUT2D eigenvalue weighted by Gasteiger charge is -2.15. The second-order valence-corrected chi connectivity index (χ2v) is 6.29. The summed E-state index contributed by atoms with van der Waals surface area (Å²) in [6, 6.07) is 7.34. The maximum absolute atomic E-state index is 12.3. The number of furan rings is 1. The maximum atomic E-state index is 12.3. The zero-order valence-electron chi connectivity index (χ0n) is 14.0. The third-order valence-corrected chi connectivity index (χ3v) is 3.51. The molecule has 5 nitrogen and oxygen atoms in total. The van der Waals surface area contributed by atoms with Gasteiger partial charge >= 0.3 is 5.97 Å². The van der Waals surface area contributed by atoms with Crippen molar-refractivity contribution in [2.75, 3.05) is 13.2 Å². The Morgan fingerprint density at radius 3 is 2.52 bits per heavy atom.